The van der Waals surface area contributed by atoms with Crippen LogP contribution in [-0.4, -0.2) is 16.6 Å². The number of ether oxygens (including phenoxy) is 1. The van der Waals surface area contributed by atoms with Crippen molar-refractivity contribution < 1.29 is 9.53 Å². The molecule has 0 fully saturated rings. The van der Waals surface area contributed by atoms with Crippen molar-refractivity contribution in [3.63, 3.8) is 0 Å². The molecular weight excluding hydrogens is 268 g/mol. The van der Waals surface area contributed by atoms with Crippen molar-refractivity contribution in [2.24, 2.45) is 0 Å². The standard InChI is InChI=1S/C16H22N2O3/c1-6-11(4)21-16(20)12(5)18-14(10(2)3)8-7-13(9-17)15(18)19/h7-8,10-12H,6H2,1-5H3. The molecule has 114 valence electrons. The molecule has 0 aliphatic carbocycles. The second kappa shape index (κ2) is 7.07. The van der Waals surface area contributed by atoms with Gasteiger partial charge in [0.05, 0.1) is 6.10 Å². The zero-order chi connectivity index (χ0) is 16.2. The number of aromatic nitrogens is 1. The molecule has 0 bridgehead atoms. The minimum absolute atomic E-state index is 0.0302. The third kappa shape index (κ3) is 3.72. The summed E-state index contributed by atoms with van der Waals surface area (Å²) in [4.78, 5) is 24.5. The van der Waals surface area contributed by atoms with Crippen LogP contribution in [0.2, 0.25) is 0 Å². The van der Waals surface area contributed by atoms with Crippen molar-refractivity contribution in [1.82, 2.24) is 4.57 Å². The number of nitrogens with zero attached hydrogens (tertiary/aromatic N) is 2. The van der Waals surface area contributed by atoms with Gasteiger partial charge in [-0.05, 0) is 38.3 Å². The van der Waals surface area contributed by atoms with Crippen LogP contribution in [0.4, 0.5) is 0 Å². The van der Waals surface area contributed by atoms with Gasteiger partial charge in [0.2, 0.25) is 0 Å². The summed E-state index contributed by atoms with van der Waals surface area (Å²) in [5.74, 6) is -0.396. The maximum atomic E-state index is 12.4. The van der Waals surface area contributed by atoms with E-state index in [0.29, 0.717) is 12.1 Å². The largest absolute Gasteiger partial charge is 0.461 e. The van der Waals surface area contributed by atoms with Gasteiger partial charge < -0.3 is 4.74 Å². The molecule has 0 aromatic carbocycles. The minimum Gasteiger partial charge on any atom is -0.461 e. The Morgan fingerprint density at radius 1 is 1.33 bits per heavy atom. The van der Waals surface area contributed by atoms with E-state index in [9.17, 15) is 9.59 Å². The van der Waals surface area contributed by atoms with Crippen molar-refractivity contribution in [1.29, 1.82) is 5.26 Å². The van der Waals surface area contributed by atoms with Crippen molar-refractivity contribution in [3.05, 3.63) is 33.7 Å². The number of hydrogen-bond acceptors (Lipinski definition) is 4. The van der Waals surface area contributed by atoms with Crippen LogP contribution in [0.25, 0.3) is 0 Å². The van der Waals surface area contributed by atoms with E-state index in [0.717, 1.165) is 0 Å². The number of pyridine rings is 1. The van der Waals surface area contributed by atoms with E-state index in [2.05, 4.69) is 0 Å². The molecular formula is C16H22N2O3. The van der Waals surface area contributed by atoms with Crippen LogP contribution in [0.3, 0.4) is 0 Å². The third-order valence-electron chi connectivity index (χ3n) is 3.48. The van der Waals surface area contributed by atoms with Crippen LogP contribution in [0.15, 0.2) is 16.9 Å². The lowest BCUT2D eigenvalue weighted by Crippen LogP contribution is -2.34. The Balaban J connectivity index is 3.30. The van der Waals surface area contributed by atoms with Crippen molar-refractivity contribution in [2.45, 2.75) is 59.1 Å². The fraction of sp³-hybridized carbons (Fsp3) is 0.562. The van der Waals surface area contributed by atoms with Gasteiger partial charge in [0.1, 0.15) is 17.7 Å². The Morgan fingerprint density at radius 2 is 1.95 bits per heavy atom. The molecule has 2 unspecified atom stereocenters. The topological polar surface area (TPSA) is 72.1 Å². The van der Waals surface area contributed by atoms with Gasteiger partial charge in [0.25, 0.3) is 5.56 Å². The second-order valence-electron chi connectivity index (χ2n) is 5.45. The predicted octanol–water partition coefficient (Wildman–Crippen LogP) is 2.75. The number of carbonyl (C=O) groups excluding carboxylic acids is 1. The first-order chi connectivity index (χ1) is 9.83. The highest BCUT2D eigenvalue weighted by Gasteiger charge is 2.24. The molecule has 1 aromatic rings. The van der Waals surface area contributed by atoms with Crippen LogP contribution in [0.5, 0.6) is 0 Å². The van der Waals surface area contributed by atoms with E-state index in [1.54, 1.807) is 13.0 Å². The molecule has 0 saturated carbocycles. The molecule has 0 amide bonds. The lowest BCUT2D eigenvalue weighted by molar-refractivity contribution is -0.152. The lowest BCUT2D eigenvalue weighted by Gasteiger charge is -2.22. The zero-order valence-corrected chi connectivity index (χ0v) is 13.2. The SMILES string of the molecule is CCC(C)OC(=O)C(C)n1c(C(C)C)ccc(C#N)c1=O. The van der Waals surface area contributed by atoms with E-state index in [1.165, 1.54) is 10.6 Å². The van der Waals surface area contributed by atoms with E-state index in [-0.39, 0.29) is 17.6 Å². The average Bonchev–Trinajstić information content (AvgIpc) is 2.45. The Labute approximate surface area is 125 Å². The molecule has 2 atom stereocenters. The quantitative estimate of drug-likeness (QED) is 0.782. The molecule has 1 aromatic heterocycles. The molecule has 0 saturated heterocycles. The molecule has 1 rings (SSSR count). The number of esters is 1. The monoisotopic (exact) mass is 290 g/mol. The highest BCUT2D eigenvalue weighted by Crippen LogP contribution is 2.19. The van der Waals surface area contributed by atoms with E-state index in [1.807, 2.05) is 33.8 Å². The highest BCUT2D eigenvalue weighted by molar-refractivity contribution is 5.74. The molecule has 1 heterocycles. The number of nitriles is 1. The molecule has 0 aliphatic heterocycles. The number of carbonyl (C=O) groups is 1. The van der Waals surface area contributed by atoms with Gasteiger partial charge in [-0.25, -0.2) is 4.79 Å². The summed E-state index contributed by atoms with van der Waals surface area (Å²) >= 11 is 0. The van der Waals surface area contributed by atoms with Gasteiger partial charge >= 0.3 is 5.97 Å². The van der Waals surface area contributed by atoms with Gasteiger partial charge in [-0.3, -0.25) is 9.36 Å². The molecule has 0 N–H and O–H groups in total. The highest BCUT2D eigenvalue weighted by atomic mass is 16.5. The summed E-state index contributed by atoms with van der Waals surface area (Å²) in [5, 5.41) is 9.00. The predicted molar refractivity (Wildman–Crippen MR) is 80.1 cm³/mol. The number of hydrogen-bond donors (Lipinski definition) is 0. The first kappa shape index (κ1) is 17.0. The first-order valence-electron chi connectivity index (χ1n) is 7.19. The fourth-order valence-electron chi connectivity index (χ4n) is 2.01. The van der Waals surface area contributed by atoms with Crippen LogP contribution in [0.1, 0.15) is 64.3 Å². The summed E-state index contributed by atoms with van der Waals surface area (Å²) in [6, 6.07) is 4.33. The third-order valence-corrected chi connectivity index (χ3v) is 3.48. The van der Waals surface area contributed by atoms with E-state index >= 15 is 0 Å². The van der Waals surface area contributed by atoms with E-state index < -0.39 is 17.6 Å². The van der Waals surface area contributed by atoms with Crippen molar-refractivity contribution in [2.75, 3.05) is 0 Å². The average molecular weight is 290 g/mol. The van der Waals surface area contributed by atoms with E-state index in [4.69, 9.17) is 10.00 Å². The summed E-state index contributed by atoms with van der Waals surface area (Å²) in [5.41, 5.74) is 0.299. The maximum absolute atomic E-state index is 12.4. The van der Waals surface area contributed by atoms with Gasteiger partial charge in [0.15, 0.2) is 0 Å². The Bertz CT molecular complexity index is 611. The fourth-order valence-corrected chi connectivity index (χ4v) is 2.01. The molecule has 0 spiro atoms. The van der Waals surface area contributed by atoms with Gasteiger partial charge in [-0.1, -0.05) is 20.8 Å². The normalized spacial score (nSPS) is 13.6. The van der Waals surface area contributed by atoms with Gasteiger partial charge in [-0.2, -0.15) is 5.26 Å². The van der Waals surface area contributed by atoms with Crippen molar-refractivity contribution in [3.8, 4) is 6.07 Å². The van der Waals surface area contributed by atoms with Crippen LogP contribution < -0.4 is 5.56 Å². The Kier molecular flexibility index (Phi) is 5.71. The molecule has 0 radical (unpaired) electrons. The lowest BCUT2D eigenvalue weighted by atomic mass is 10.1. The Hall–Kier alpha value is -2.09. The molecule has 5 nitrogen and oxygen atoms in total. The smallest absolute Gasteiger partial charge is 0.329 e. The second-order valence-corrected chi connectivity index (χ2v) is 5.45. The zero-order valence-electron chi connectivity index (χ0n) is 13.2. The van der Waals surface area contributed by atoms with Crippen LogP contribution in [-0.2, 0) is 9.53 Å². The summed E-state index contributed by atoms with van der Waals surface area (Å²) in [6.07, 6.45) is 0.514. The maximum Gasteiger partial charge on any atom is 0.329 e. The number of rotatable bonds is 5. The molecule has 21 heavy (non-hydrogen) atoms. The van der Waals surface area contributed by atoms with Crippen LogP contribution in [0, 0.1) is 11.3 Å². The summed E-state index contributed by atoms with van der Waals surface area (Å²) in [6.45, 7) is 9.22. The Morgan fingerprint density at radius 3 is 2.43 bits per heavy atom. The first-order valence-corrected chi connectivity index (χ1v) is 7.19. The van der Waals surface area contributed by atoms with Gasteiger partial charge in [0, 0.05) is 5.69 Å². The van der Waals surface area contributed by atoms with Crippen LogP contribution >= 0.6 is 0 Å². The minimum atomic E-state index is -0.753. The van der Waals surface area contributed by atoms with Crippen molar-refractivity contribution >= 4 is 5.97 Å². The summed E-state index contributed by atoms with van der Waals surface area (Å²) in [7, 11) is 0. The summed E-state index contributed by atoms with van der Waals surface area (Å²) < 4.78 is 6.67. The van der Waals surface area contributed by atoms with Gasteiger partial charge in [-0.15, -0.1) is 0 Å². The molecule has 0 aliphatic rings. The molecule has 5 heteroatoms.